The van der Waals surface area contributed by atoms with Gasteiger partial charge in [-0.05, 0) is 50.1 Å². The summed E-state index contributed by atoms with van der Waals surface area (Å²) in [6, 6.07) is 6.66. The standard InChI is InChI=1S/C17H20N4O2/c1-19-16(17(23)21-6-2-3-12(21)9-18)7-11-10-20-15-5-4-13(22)8-14(11)15/h4-5,8,10,12,16,19-20,22H,2-3,6-7H2,1H3/t12-,16-/m0/s1. The number of likely N-dealkylation sites (tertiary alicyclic amines) is 1. The smallest absolute Gasteiger partial charge is 0.241 e. The third-order valence-corrected chi connectivity index (χ3v) is 4.51. The van der Waals surface area contributed by atoms with Crippen LogP contribution >= 0.6 is 0 Å². The van der Waals surface area contributed by atoms with Crippen molar-refractivity contribution in [3.63, 3.8) is 0 Å². The molecule has 0 unspecified atom stereocenters. The molecule has 0 saturated carbocycles. The van der Waals surface area contributed by atoms with Gasteiger partial charge in [0.15, 0.2) is 0 Å². The maximum atomic E-state index is 12.7. The molecule has 1 saturated heterocycles. The molecule has 23 heavy (non-hydrogen) atoms. The Bertz CT molecular complexity index is 762. The number of aromatic amines is 1. The van der Waals surface area contributed by atoms with E-state index in [4.69, 9.17) is 0 Å². The normalized spacial score (nSPS) is 19.0. The monoisotopic (exact) mass is 312 g/mol. The third kappa shape index (κ3) is 2.88. The highest BCUT2D eigenvalue weighted by Crippen LogP contribution is 2.25. The van der Waals surface area contributed by atoms with E-state index >= 15 is 0 Å². The van der Waals surface area contributed by atoms with Gasteiger partial charge in [-0.15, -0.1) is 0 Å². The first kappa shape index (κ1) is 15.4. The van der Waals surface area contributed by atoms with Crippen LogP contribution in [0.25, 0.3) is 10.9 Å². The largest absolute Gasteiger partial charge is 0.508 e. The van der Waals surface area contributed by atoms with E-state index < -0.39 is 0 Å². The molecule has 0 aliphatic carbocycles. The van der Waals surface area contributed by atoms with Crippen molar-refractivity contribution in [3.8, 4) is 11.8 Å². The number of nitrogens with one attached hydrogen (secondary N) is 2. The van der Waals surface area contributed by atoms with Crippen molar-refractivity contribution in [2.75, 3.05) is 13.6 Å². The number of amides is 1. The molecule has 1 aromatic heterocycles. The molecule has 3 rings (SSSR count). The number of hydrogen-bond donors (Lipinski definition) is 3. The Morgan fingerprint density at radius 1 is 1.61 bits per heavy atom. The number of hydrogen-bond acceptors (Lipinski definition) is 4. The third-order valence-electron chi connectivity index (χ3n) is 4.51. The van der Waals surface area contributed by atoms with Crippen LogP contribution in [0.4, 0.5) is 0 Å². The number of carbonyl (C=O) groups excluding carboxylic acids is 1. The van der Waals surface area contributed by atoms with Gasteiger partial charge in [-0.25, -0.2) is 0 Å². The Labute approximate surface area is 134 Å². The van der Waals surface area contributed by atoms with Crippen molar-refractivity contribution in [1.82, 2.24) is 15.2 Å². The second-order valence-electron chi connectivity index (χ2n) is 5.91. The molecular formula is C17H20N4O2. The lowest BCUT2D eigenvalue weighted by molar-refractivity contribution is -0.133. The van der Waals surface area contributed by atoms with Gasteiger partial charge in [0.2, 0.25) is 5.91 Å². The molecule has 1 aromatic carbocycles. The number of fused-ring (bicyclic) bond motifs is 1. The lowest BCUT2D eigenvalue weighted by atomic mass is 10.0. The summed E-state index contributed by atoms with van der Waals surface area (Å²) in [5, 5.41) is 22.8. The lowest BCUT2D eigenvalue weighted by Crippen LogP contribution is -2.48. The summed E-state index contributed by atoms with van der Waals surface area (Å²) in [5.41, 5.74) is 1.90. The minimum Gasteiger partial charge on any atom is -0.508 e. The summed E-state index contributed by atoms with van der Waals surface area (Å²) in [4.78, 5) is 17.6. The van der Waals surface area contributed by atoms with Gasteiger partial charge in [0, 0.05) is 23.6 Å². The average molecular weight is 312 g/mol. The number of likely N-dealkylation sites (N-methyl/N-ethyl adjacent to an activating group) is 1. The maximum absolute atomic E-state index is 12.7. The molecule has 0 bridgehead atoms. The molecule has 1 amide bonds. The summed E-state index contributed by atoms with van der Waals surface area (Å²) in [5.74, 6) is 0.167. The number of nitrogens with zero attached hydrogens (tertiary/aromatic N) is 2. The first-order chi connectivity index (χ1) is 11.1. The zero-order valence-corrected chi connectivity index (χ0v) is 13.0. The van der Waals surface area contributed by atoms with Gasteiger partial charge in [-0.1, -0.05) is 0 Å². The van der Waals surface area contributed by atoms with E-state index in [0.29, 0.717) is 13.0 Å². The molecule has 6 nitrogen and oxygen atoms in total. The van der Waals surface area contributed by atoms with Gasteiger partial charge in [-0.3, -0.25) is 4.79 Å². The van der Waals surface area contributed by atoms with Crippen molar-refractivity contribution >= 4 is 16.8 Å². The fraction of sp³-hybridized carbons (Fsp3) is 0.412. The molecule has 2 atom stereocenters. The molecule has 2 heterocycles. The number of nitriles is 1. The second kappa shape index (κ2) is 6.31. The highest BCUT2D eigenvalue weighted by atomic mass is 16.3. The molecule has 2 aromatic rings. The number of aromatic nitrogens is 1. The van der Waals surface area contributed by atoms with Crippen LogP contribution in [0.2, 0.25) is 0 Å². The molecule has 0 radical (unpaired) electrons. The van der Waals surface area contributed by atoms with Crippen molar-refractivity contribution in [1.29, 1.82) is 5.26 Å². The molecule has 1 fully saturated rings. The van der Waals surface area contributed by atoms with E-state index in [1.54, 1.807) is 24.1 Å². The van der Waals surface area contributed by atoms with Crippen LogP contribution in [0.3, 0.4) is 0 Å². The number of rotatable bonds is 4. The Morgan fingerprint density at radius 3 is 3.17 bits per heavy atom. The molecule has 1 aliphatic heterocycles. The van der Waals surface area contributed by atoms with Crippen LogP contribution in [-0.2, 0) is 11.2 Å². The fourth-order valence-electron chi connectivity index (χ4n) is 3.23. The summed E-state index contributed by atoms with van der Waals surface area (Å²) >= 11 is 0. The summed E-state index contributed by atoms with van der Waals surface area (Å²) < 4.78 is 0. The van der Waals surface area contributed by atoms with Crippen molar-refractivity contribution in [3.05, 3.63) is 30.0 Å². The zero-order chi connectivity index (χ0) is 16.4. The SMILES string of the molecule is CN[C@@H](Cc1c[nH]c2ccc(O)cc12)C(=O)N1CCC[C@H]1C#N. The minimum absolute atomic E-state index is 0.0361. The number of phenols is 1. The van der Waals surface area contributed by atoms with Gasteiger partial charge >= 0.3 is 0 Å². The second-order valence-corrected chi connectivity index (χ2v) is 5.91. The maximum Gasteiger partial charge on any atom is 0.241 e. The zero-order valence-electron chi connectivity index (χ0n) is 13.0. The highest BCUT2D eigenvalue weighted by Gasteiger charge is 2.32. The topological polar surface area (TPSA) is 92.2 Å². The Kier molecular flexibility index (Phi) is 4.22. The summed E-state index contributed by atoms with van der Waals surface area (Å²) in [7, 11) is 1.76. The number of carbonyl (C=O) groups is 1. The van der Waals surface area contributed by atoms with Crippen LogP contribution in [0.5, 0.6) is 5.75 Å². The van der Waals surface area contributed by atoms with Crippen LogP contribution < -0.4 is 5.32 Å². The molecular weight excluding hydrogens is 292 g/mol. The van der Waals surface area contributed by atoms with E-state index in [2.05, 4.69) is 16.4 Å². The van der Waals surface area contributed by atoms with Gasteiger partial charge in [0.05, 0.1) is 12.1 Å². The van der Waals surface area contributed by atoms with Gasteiger partial charge < -0.3 is 20.3 Å². The first-order valence-corrected chi connectivity index (χ1v) is 7.80. The number of aromatic hydroxyl groups is 1. The van der Waals surface area contributed by atoms with Crippen molar-refractivity contribution < 1.29 is 9.90 Å². The fourth-order valence-corrected chi connectivity index (χ4v) is 3.23. The van der Waals surface area contributed by atoms with Crippen LogP contribution in [0.15, 0.2) is 24.4 Å². The van der Waals surface area contributed by atoms with Crippen molar-refractivity contribution in [2.24, 2.45) is 0 Å². The first-order valence-electron chi connectivity index (χ1n) is 7.80. The predicted octanol–water partition coefficient (Wildman–Crippen LogP) is 1.52. The number of benzene rings is 1. The predicted molar refractivity (Wildman–Crippen MR) is 86.9 cm³/mol. The number of H-pyrrole nitrogens is 1. The van der Waals surface area contributed by atoms with Gasteiger partial charge in [0.1, 0.15) is 11.8 Å². The molecule has 0 spiro atoms. The summed E-state index contributed by atoms with van der Waals surface area (Å²) in [6.07, 6.45) is 4.00. The lowest BCUT2D eigenvalue weighted by Gasteiger charge is -2.25. The van der Waals surface area contributed by atoms with Crippen LogP contribution in [0.1, 0.15) is 18.4 Å². The van der Waals surface area contributed by atoms with Crippen LogP contribution in [-0.4, -0.2) is 46.6 Å². The molecule has 120 valence electrons. The Balaban J connectivity index is 1.82. The number of phenolic OH excluding ortho intramolecular Hbond substituents is 1. The molecule has 6 heteroatoms. The van der Waals surface area contributed by atoms with E-state index in [9.17, 15) is 15.2 Å². The van der Waals surface area contributed by atoms with Gasteiger partial charge in [-0.2, -0.15) is 5.26 Å². The quantitative estimate of drug-likeness (QED) is 0.798. The van der Waals surface area contributed by atoms with Crippen LogP contribution in [0, 0.1) is 11.3 Å². The average Bonchev–Trinajstić information content (AvgIpc) is 3.18. The Morgan fingerprint density at radius 2 is 2.43 bits per heavy atom. The van der Waals surface area contributed by atoms with E-state index in [1.807, 2.05) is 12.3 Å². The van der Waals surface area contributed by atoms with E-state index in [-0.39, 0.29) is 23.7 Å². The minimum atomic E-state index is -0.384. The van der Waals surface area contributed by atoms with Gasteiger partial charge in [0.25, 0.3) is 0 Å². The van der Waals surface area contributed by atoms with Crippen molar-refractivity contribution in [2.45, 2.75) is 31.3 Å². The Hall–Kier alpha value is -2.52. The van der Waals surface area contributed by atoms with E-state index in [0.717, 1.165) is 29.3 Å². The van der Waals surface area contributed by atoms with E-state index in [1.165, 1.54) is 0 Å². The molecule has 3 N–H and O–H groups in total. The highest BCUT2D eigenvalue weighted by molar-refractivity contribution is 5.87. The summed E-state index contributed by atoms with van der Waals surface area (Å²) in [6.45, 7) is 0.643. The molecule has 1 aliphatic rings.